The third-order valence-corrected chi connectivity index (χ3v) is 4.95. The Hall–Kier alpha value is -2.70. The Balaban J connectivity index is 1.75. The third-order valence-electron chi connectivity index (χ3n) is 4.95. The lowest BCUT2D eigenvalue weighted by Crippen LogP contribution is -3.15. The number of fused-ring (bicyclic) bond motifs is 1. The average molecular weight is 350 g/mol. The molecular formula is C20H22N4O2. The minimum Gasteiger partial charge on any atom is -0.872 e. The third kappa shape index (κ3) is 3.21. The van der Waals surface area contributed by atoms with Crippen LogP contribution in [0, 0.1) is 0 Å². The summed E-state index contributed by atoms with van der Waals surface area (Å²) < 4.78 is 0. The van der Waals surface area contributed by atoms with Crippen LogP contribution in [0.3, 0.4) is 0 Å². The quantitative estimate of drug-likeness (QED) is 0.696. The minimum absolute atomic E-state index is 0.0639. The number of benzene rings is 2. The molecule has 1 fully saturated rings. The predicted molar refractivity (Wildman–Crippen MR) is 99.3 cm³/mol. The van der Waals surface area contributed by atoms with E-state index in [-0.39, 0.29) is 12.4 Å². The molecule has 0 aliphatic carbocycles. The molecule has 0 bridgehead atoms. The van der Waals surface area contributed by atoms with Crippen molar-refractivity contribution in [3.63, 3.8) is 0 Å². The first kappa shape index (κ1) is 16.8. The van der Waals surface area contributed by atoms with Gasteiger partial charge in [0.05, 0.1) is 38.3 Å². The molecule has 0 unspecified atom stereocenters. The zero-order chi connectivity index (χ0) is 17.9. The molecule has 1 saturated heterocycles. The largest absolute Gasteiger partial charge is 0.872 e. The second-order valence-electron chi connectivity index (χ2n) is 6.59. The van der Waals surface area contributed by atoms with Gasteiger partial charge >= 0.3 is 0 Å². The highest BCUT2D eigenvalue weighted by atomic mass is 16.3. The van der Waals surface area contributed by atoms with Gasteiger partial charge in [0.25, 0.3) is 0 Å². The Kier molecular flexibility index (Phi) is 4.69. The molecule has 2 aromatic carbocycles. The average Bonchev–Trinajstić information content (AvgIpc) is 2.68. The summed E-state index contributed by atoms with van der Waals surface area (Å²) in [6.07, 6.45) is 0. The van der Waals surface area contributed by atoms with Crippen molar-refractivity contribution in [2.75, 3.05) is 44.2 Å². The van der Waals surface area contributed by atoms with Gasteiger partial charge in [-0.1, -0.05) is 42.1 Å². The van der Waals surface area contributed by atoms with Crippen molar-refractivity contribution in [2.45, 2.75) is 0 Å². The van der Waals surface area contributed by atoms with Gasteiger partial charge in [-0.2, -0.15) is 0 Å². The molecular weight excluding hydrogens is 328 g/mol. The summed E-state index contributed by atoms with van der Waals surface area (Å²) in [6, 6.07) is 14.8. The van der Waals surface area contributed by atoms with Gasteiger partial charge in [-0.15, -0.1) is 0 Å². The Bertz CT molecular complexity index is 907. The summed E-state index contributed by atoms with van der Waals surface area (Å²) in [7, 11) is 0. The minimum atomic E-state index is -0.0639. The maximum atomic E-state index is 12.2. The molecule has 1 aromatic heterocycles. The van der Waals surface area contributed by atoms with Gasteiger partial charge in [0.2, 0.25) is 0 Å². The van der Waals surface area contributed by atoms with E-state index in [1.54, 1.807) is 18.2 Å². The summed E-state index contributed by atoms with van der Waals surface area (Å²) in [6.45, 7) is 4.67. The van der Waals surface area contributed by atoms with Crippen molar-refractivity contribution >= 4 is 16.7 Å². The van der Waals surface area contributed by atoms with Crippen LogP contribution in [0.4, 0.5) is 5.82 Å². The van der Waals surface area contributed by atoms with Crippen molar-refractivity contribution in [2.24, 2.45) is 0 Å². The Morgan fingerprint density at radius 3 is 2.50 bits per heavy atom. The zero-order valence-corrected chi connectivity index (χ0v) is 14.6. The SMILES string of the molecule is [O-]c1ccccc1-c1nc(N2CC[NH+](CCO)CC2)c2ccccc2n1. The van der Waals surface area contributed by atoms with E-state index >= 15 is 0 Å². The van der Waals surface area contributed by atoms with Crippen molar-refractivity contribution in [1.29, 1.82) is 0 Å². The van der Waals surface area contributed by atoms with E-state index in [1.165, 1.54) is 4.90 Å². The number of aliphatic hydroxyl groups excluding tert-OH is 1. The van der Waals surface area contributed by atoms with Gasteiger partial charge in [0, 0.05) is 10.9 Å². The van der Waals surface area contributed by atoms with Gasteiger partial charge in [0.15, 0.2) is 5.82 Å². The number of para-hydroxylation sites is 2. The molecule has 0 spiro atoms. The van der Waals surface area contributed by atoms with Crippen LogP contribution >= 0.6 is 0 Å². The van der Waals surface area contributed by atoms with Crippen molar-refractivity contribution in [1.82, 2.24) is 9.97 Å². The molecule has 3 aromatic rings. The molecule has 6 heteroatoms. The predicted octanol–water partition coefficient (Wildman–Crippen LogP) is 0.0676. The smallest absolute Gasteiger partial charge is 0.161 e. The first-order valence-corrected chi connectivity index (χ1v) is 8.99. The van der Waals surface area contributed by atoms with Crippen LogP contribution in [0.2, 0.25) is 0 Å². The van der Waals surface area contributed by atoms with E-state index in [1.807, 2.05) is 30.3 Å². The molecule has 0 saturated carbocycles. The maximum absolute atomic E-state index is 12.2. The summed E-state index contributed by atoms with van der Waals surface area (Å²) in [4.78, 5) is 13.1. The first-order chi connectivity index (χ1) is 12.8. The van der Waals surface area contributed by atoms with Gasteiger partial charge < -0.3 is 20.0 Å². The molecule has 0 amide bonds. The second kappa shape index (κ2) is 7.27. The monoisotopic (exact) mass is 350 g/mol. The van der Waals surface area contributed by atoms with Crippen LogP contribution in [0.5, 0.6) is 5.75 Å². The highest BCUT2D eigenvalue weighted by molar-refractivity contribution is 5.91. The van der Waals surface area contributed by atoms with E-state index in [0.29, 0.717) is 11.4 Å². The fourth-order valence-electron chi connectivity index (χ4n) is 3.52. The Morgan fingerprint density at radius 1 is 1.00 bits per heavy atom. The van der Waals surface area contributed by atoms with E-state index in [4.69, 9.17) is 10.1 Å². The number of nitrogens with zero attached hydrogens (tertiary/aromatic N) is 3. The first-order valence-electron chi connectivity index (χ1n) is 8.99. The fraction of sp³-hybridized carbons (Fsp3) is 0.300. The van der Waals surface area contributed by atoms with Crippen LogP contribution in [-0.2, 0) is 0 Å². The lowest BCUT2D eigenvalue weighted by molar-refractivity contribution is -0.900. The number of rotatable bonds is 4. The number of hydrogen-bond acceptors (Lipinski definition) is 5. The lowest BCUT2D eigenvalue weighted by atomic mass is 10.1. The van der Waals surface area contributed by atoms with E-state index in [0.717, 1.165) is 49.4 Å². The summed E-state index contributed by atoms with van der Waals surface area (Å²) >= 11 is 0. The van der Waals surface area contributed by atoms with Crippen molar-refractivity contribution in [3.8, 4) is 17.1 Å². The second-order valence-corrected chi connectivity index (χ2v) is 6.59. The van der Waals surface area contributed by atoms with E-state index in [9.17, 15) is 5.11 Å². The summed E-state index contributed by atoms with van der Waals surface area (Å²) in [5.74, 6) is 1.30. The number of aromatic nitrogens is 2. The number of aliphatic hydroxyl groups is 1. The number of quaternary nitrogens is 1. The molecule has 0 radical (unpaired) electrons. The Labute approximate surface area is 152 Å². The molecule has 1 aliphatic heterocycles. The maximum Gasteiger partial charge on any atom is 0.161 e. The molecule has 2 heterocycles. The van der Waals surface area contributed by atoms with Crippen LogP contribution in [0.15, 0.2) is 48.5 Å². The number of piperazine rings is 1. The fourth-order valence-corrected chi connectivity index (χ4v) is 3.52. The zero-order valence-electron chi connectivity index (χ0n) is 14.6. The van der Waals surface area contributed by atoms with Crippen molar-refractivity contribution < 1.29 is 15.1 Å². The van der Waals surface area contributed by atoms with Gasteiger partial charge in [0.1, 0.15) is 12.4 Å². The molecule has 4 rings (SSSR count). The van der Waals surface area contributed by atoms with Crippen LogP contribution in [0.1, 0.15) is 0 Å². The normalized spacial score (nSPS) is 15.5. The molecule has 0 atom stereocenters. The molecule has 26 heavy (non-hydrogen) atoms. The van der Waals surface area contributed by atoms with E-state index in [2.05, 4.69) is 9.88 Å². The van der Waals surface area contributed by atoms with Crippen molar-refractivity contribution in [3.05, 3.63) is 48.5 Å². The highest BCUT2D eigenvalue weighted by Gasteiger charge is 2.23. The van der Waals surface area contributed by atoms with Gasteiger partial charge in [-0.25, -0.2) is 9.97 Å². The summed E-state index contributed by atoms with van der Waals surface area (Å²) in [5, 5.41) is 22.4. The van der Waals surface area contributed by atoms with Crippen LogP contribution in [-0.4, -0.2) is 54.4 Å². The van der Waals surface area contributed by atoms with Gasteiger partial charge in [-0.3, -0.25) is 0 Å². The number of nitrogens with one attached hydrogen (secondary N) is 1. The molecule has 134 valence electrons. The molecule has 6 nitrogen and oxygen atoms in total. The summed E-state index contributed by atoms with van der Waals surface area (Å²) in [5.41, 5.74) is 1.38. The van der Waals surface area contributed by atoms with Crippen LogP contribution < -0.4 is 14.9 Å². The van der Waals surface area contributed by atoms with Crippen LogP contribution in [0.25, 0.3) is 22.3 Å². The number of anilines is 1. The standard InChI is InChI=1S/C20H22N4O2/c25-14-13-23-9-11-24(12-10-23)20-15-5-1-3-7-17(15)21-19(22-20)16-6-2-4-8-18(16)26/h1-8,25-26H,9-14H2. The Morgan fingerprint density at radius 2 is 1.73 bits per heavy atom. The lowest BCUT2D eigenvalue weighted by Gasteiger charge is -2.33. The highest BCUT2D eigenvalue weighted by Crippen LogP contribution is 2.30. The molecule has 2 N–H and O–H groups in total. The number of hydrogen-bond donors (Lipinski definition) is 2. The molecule has 1 aliphatic rings. The van der Waals surface area contributed by atoms with E-state index < -0.39 is 0 Å². The topological polar surface area (TPSA) is 76.8 Å². The van der Waals surface area contributed by atoms with Gasteiger partial charge in [-0.05, 0) is 12.1 Å².